The second-order valence-corrected chi connectivity index (χ2v) is 7.27. The standard InChI is InChI=1S/C18H25ClN2O/c1-20-8-5-15(6-9-20)16-7-10-21(13-16)18(22)12-14-3-2-4-17(19)11-14/h2-4,11,15-16H,5-10,12-13H2,1H3/t16-/m0/s1. The molecule has 1 atom stereocenters. The highest BCUT2D eigenvalue weighted by molar-refractivity contribution is 6.30. The second kappa shape index (κ2) is 7.01. The Morgan fingerprint density at radius 2 is 1.91 bits per heavy atom. The molecule has 0 spiro atoms. The molecule has 2 fully saturated rings. The predicted molar refractivity (Wildman–Crippen MR) is 90.1 cm³/mol. The highest BCUT2D eigenvalue weighted by Crippen LogP contribution is 2.31. The number of piperidine rings is 1. The molecular weight excluding hydrogens is 296 g/mol. The molecule has 2 aliphatic heterocycles. The largest absolute Gasteiger partial charge is 0.342 e. The Kier molecular flexibility index (Phi) is 5.04. The Morgan fingerprint density at radius 3 is 2.64 bits per heavy atom. The number of benzene rings is 1. The molecule has 0 unspecified atom stereocenters. The molecule has 4 heteroatoms. The minimum Gasteiger partial charge on any atom is -0.342 e. The number of hydrogen-bond acceptors (Lipinski definition) is 2. The van der Waals surface area contributed by atoms with Gasteiger partial charge in [-0.3, -0.25) is 4.79 Å². The van der Waals surface area contributed by atoms with Crippen LogP contribution in [0.1, 0.15) is 24.8 Å². The monoisotopic (exact) mass is 320 g/mol. The summed E-state index contributed by atoms with van der Waals surface area (Å²) < 4.78 is 0. The summed E-state index contributed by atoms with van der Waals surface area (Å²) in [6.45, 7) is 4.29. The van der Waals surface area contributed by atoms with Gasteiger partial charge in [0.1, 0.15) is 0 Å². The first kappa shape index (κ1) is 15.8. The molecule has 1 amide bonds. The van der Waals surface area contributed by atoms with Gasteiger partial charge in [0, 0.05) is 18.1 Å². The third kappa shape index (κ3) is 3.82. The molecule has 1 aromatic rings. The number of likely N-dealkylation sites (tertiary alicyclic amines) is 2. The van der Waals surface area contributed by atoms with E-state index in [0.29, 0.717) is 17.4 Å². The zero-order valence-electron chi connectivity index (χ0n) is 13.3. The Labute approximate surface area is 138 Å². The first-order valence-corrected chi connectivity index (χ1v) is 8.70. The molecule has 120 valence electrons. The summed E-state index contributed by atoms with van der Waals surface area (Å²) in [5, 5.41) is 0.705. The van der Waals surface area contributed by atoms with Crippen LogP contribution in [0.4, 0.5) is 0 Å². The Bertz CT molecular complexity index is 526. The lowest BCUT2D eigenvalue weighted by Gasteiger charge is -2.32. The van der Waals surface area contributed by atoms with E-state index in [-0.39, 0.29) is 5.91 Å². The van der Waals surface area contributed by atoms with Crippen LogP contribution in [-0.2, 0) is 11.2 Å². The van der Waals surface area contributed by atoms with Crippen molar-refractivity contribution in [2.75, 3.05) is 33.2 Å². The molecule has 3 rings (SSSR count). The van der Waals surface area contributed by atoms with Crippen molar-refractivity contribution >= 4 is 17.5 Å². The van der Waals surface area contributed by atoms with Crippen LogP contribution in [0.5, 0.6) is 0 Å². The number of carbonyl (C=O) groups is 1. The Balaban J connectivity index is 1.52. The van der Waals surface area contributed by atoms with E-state index in [1.165, 1.54) is 32.4 Å². The Morgan fingerprint density at radius 1 is 1.18 bits per heavy atom. The van der Waals surface area contributed by atoms with Crippen LogP contribution < -0.4 is 0 Å². The van der Waals surface area contributed by atoms with E-state index >= 15 is 0 Å². The summed E-state index contributed by atoms with van der Waals surface area (Å²) in [6, 6.07) is 7.63. The maximum atomic E-state index is 12.5. The third-order valence-corrected chi connectivity index (χ3v) is 5.49. The number of rotatable bonds is 3. The van der Waals surface area contributed by atoms with Gasteiger partial charge in [-0.25, -0.2) is 0 Å². The number of carbonyl (C=O) groups excluding carboxylic acids is 1. The Hall–Kier alpha value is -1.06. The topological polar surface area (TPSA) is 23.6 Å². The van der Waals surface area contributed by atoms with Crippen LogP contribution >= 0.6 is 11.6 Å². The fraction of sp³-hybridized carbons (Fsp3) is 0.611. The van der Waals surface area contributed by atoms with Gasteiger partial charge in [-0.05, 0) is 68.9 Å². The summed E-state index contributed by atoms with van der Waals surface area (Å²) in [6.07, 6.45) is 4.23. The summed E-state index contributed by atoms with van der Waals surface area (Å²) in [7, 11) is 2.20. The second-order valence-electron chi connectivity index (χ2n) is 6.84. The zero-order chi connectivity index (χ0) is 15.5. The molecule has 0 bridgehead atoms. The highest BCUT2D eigenvalue weighted by Gasteiger charge is 2.32. The van der Waals surface area contributed by atoms with Gasteiger partial charge in [0.25, 0.3) is 0 Å². The van der Waals surface area contributed by atoms with Crippen LogP contribution in [0.2, 0.25) is 5.02 Å². The van der Waals surface area contributed by atoms with Crippen LogP contribution in [-0.4, -0.2) is 48.9 Å². The number of nitrogens with zero attached hydrogens (tertiary/aromatic N) is 2. The van der Waals surface area contributed by atoms with Gasteiger partial charge in [0.2, 0.25) is 5.91 Å². The van der Waals surface area contributed by atoms with Gasteiger partial charge in [0.15, 0.2) is 0 Å². The van der Waals surface area contributed by atoms with Crippen LogP contribution in [0, 0.1) is 11.8 Å². The fourth-order valence-electron chi connectivity index (χ4n) is 3.83. The summed E-state index contributed by atoms with van der Waals surface area (Å²) in [4.78, 5) is 17.0. The fourth-order valence-corrected chi connectivity index (χ4v) is 4.04. The lowest BCUT2D eigenvalue weighted by Crippen LogP contribution is -2.35. The van der Waals surface area contributed by atoms with Gasteiger partial charge in [-0.15, -0.1) is 0 Å². The van der Waals surface area contributed by atoms with Crippen LogP contribution in [0.25, 0.3) is 0 Å². The minimum absolute atomic E-state index is 0.248. The molecule has 3 nitrogen and oxygen atoms in total. The molecule has 0 radical (unpaired) electrons. The van der Waals surface area contributed by atoms with Gasteiger partial charge >= 0.3 is 0 Å². The summed E-state index contributed by atoms with van der Waals surface area (Å²) >= 11 is 6.00. The minimum atomic E-state index is 0.248. The molecule has 0 aliphatic carbocycles. The van der Waals surface area contributed by atoms with Gasteiger partial charge < -0.3 is 9.80 Å². The molecule has 1 aromatic carbocycles. The van der Waals surface area contributed by atoms with E-state index in [1.54, 1.807) is 0 Å². The zero-order valence-corrected chi connectivity index (χ0v) is 14.1. The molecule has 0 N–H and O–H groups in total. The first-order chi connectivity index (χ1) is 10.6. The van der Waals surface area contributed by atoms with Crippen molar-refractivity contribution in [1.82, 2.24) is 9.80 Å². The average molecular weight is 321 g/mol. The summed E-state index contributed by atoms with van der Waals surface area (Å²) in [5.41, 5.74) is 1.01. The van der Waals surface area contributed by atoms with E-state index in [4.69, 9.17) is 11.6 Å². The van der Waals surface area contributed by atoms with Crippen molar-refractivity contribution in [3.05, 3.63) is 34.9 Å². The van der Waals surface area contributed by atoms with E-state index in [0.717, 1.165) is 24.6 Å². The molecular formula is C18H25ClN2O. The lowest BCUT2D eigenvalue weighted by atomic mass is 9.84. The van der Waals surface area contributed by atoms with Crippen molar-refractivity contribution in [3.63, 3.8) is 0 Å². The smallest absolute Gasteiger partial charge is 0.226 e. The summed E-state index contributed by atoms with van der Waals surface area (Å²) in [5.74, 6) is 1.76. The SMILES string of the molecule is CN1CCC([C@H]2CCN(C(=O)Cc3cccc(Cl)c3)C2)CC1. The predicted octanol–water partition coefficient (Wildman–Crippen LogP) is 3.07. The molecule has 2 heterocycles. The molecule has 0 saturated carbocycles. The van der Waals surface area contributed by atoms with Gasteiger partial charge in [-0.2, -0.15) is 0 Å². The molecule has 2 aliphatic rings. The maximum absolute atomic E-state index is 12.5. The molecule has 0 aromatic heterocycles. The van der Waals surface area contributed by atoms with Gasteiger partial charge in [-0.1, -0.05) is 23.7 Å². The maximum Gasteiger partial charge on any atom is 0.226 e. The van der Waals surface area contributed by atoms with Crippen molar-refractivity contribution in [2.45, 2.75) is 25.7 Å². The van der Waals surface area contributed by atoms with Crippen molar-refractivity contribution < 1.29 is 4.79 Å². The van der Waals surface area contributed by atoms with Crippen molar-refractivity contribution in [2.24, 2.45) is 11.8 Å². The highest BCUT2D eigenvalue weighted by atomic mass is 35.5. The lowest BCUT2D eigenvalue weighted by molar-refractivity contribution is -0.129. The molecule has 2 saturated heterocycles. The van der Waals surface area contributed by atoms with Crippen molar-refractivity contribution in [3.8, 4) is 0 Å². The quantitative estimate of drug-likeness (QED) is 0.854. The van der Waals surface area contributed by atoms with E-state index in [2.05, 4.69) is 16.8 Å². The van der Waals surface area contributed by atoms with Gasteiger partial charge in [0.05, 0.1) is 6.42 Å². The number of hydrogen-bond donors (Lipinski definition) is 0. The molecule has 22 heavy (non-hydrogen) atoms. The number of amides is 1. The van der Waals surface area contributed by atoms with E-state index in [1.807, 2.05) is 24.3 Å². The van der Waals surface area contributed by atoms with Crippen molar-refractivity contribution in [1.29, 1.82) is 0 Å². The normalized spacial score (nSPS) is 23.9. The first-order valence-electron chi connectivity index (χ1n) is 8.32. The van der Waals surface area contributed by atoms with Crippen LogP contribution in [0.15, 0.2) is 24.3 Å². The van der Waals surface area contributed by atoms with E-state index < -0.39 is 0 Å². The van der Waals surface area contributed by atoms with E-state index in [9.17, 15) is 4.79 Å². The average Bonchev–Trinajstić information content (AvgIpc) is 2.98. The third-order valence-electron chi connectivity index (χ3n) is 5.25. The number of halogens is 1. The van der Waals surface area contributed by atoms with Crippen LogP contribution in [0.3, 0.4) is 0 Å².